The number of hydrogen-bond acceptors (Lipinski definition) is 1. The summed E-state index contributed by atoms with van der Waals surface area (Å²) in [6, 6.07) is 0.430. The molecule has 2 heteroatoms. The second-order valence-corrected chi connectivity index (χ2v) is 7.65. The van der Waals surface area contributed by atoms with Crippen LogP contribution in [0.3, 0.4) is 0 Å². The summed E-state index contributed by atoms with van der Waals surface area (Å²) >= 11 is 0. The first-order valence-electron chi connectivity index (χ1n) is 7.75. The Morgan fingerprint density at radius 1 is 1.11 bits per heavy atom. The molecule has 3 fully saturated rings. The number of fused-ring (bicyclic) bond motifs is 2. The second kappa shape index (κ2) is 3.98. The van der Waals surface area contributed by atoms with E-state index >= 15 is 0 Å². The fraction of sp³-hybridized carbons (Fsp3) is 0.938. The van der Waals surface area contributed by atoms with E-state index in [0.29, 0.717) is 28.7 Å². The summed E-state index contributed by atoms with van der Waals surface area (Å²) in [6.07, 6.45) is 8.58. The zero-order valence-electron chi connectivity index (χ0n) is 12.1. The van der Waals surface area contributed by atoms with Crippen LogP contribution in [0.1, 0.15) is 65.7 Å². The molecule has 2 bridgehead atoms. The SMILES string of the molecule is CC1(C)[C@H]2CC[C@@]1(C)[C@@H](NC(=O)C1CCCC1)C2. The maximum absolute atomic E-state index is 12.3. The van der Waals surface area contributed by atoms with Crippen molar-refractivity contribution in [2.24, 2.45) is 22.7 Å². The molecule has 1 N–H and O–H groups in total. The van der Waals surface area contributed by atoms with Gasteiger partial charge in [-0.15, -0.1) is 0 Å². The van der Waals surface area contributed by atoms with E-state index in [-0.39, 0.29) is 0 Å². The van der Waals surface area contributed by atoms with Crippen LogP contribution in [0, 0.1) is 22.7 Å². The average Bonchev–Trinajstić information content (AvgIpc) is 2.95. The summed E-state index contributed by atoms with van der Waals surface area (Å²) in [5.74, 6) is 1.48. The number of rotatable bonds is 2. The van der Waals surface area contributed by atoms with E-state index in [9.17, 15) is 4.79 Å². The number of carbonyl (C=O) groups excluding carboxylic acids is 1. The Morgan fingerprint density at radius 3 is 2.28 bits per heavy atom. The molecule has 0 saturated heterocycles. The van der Waals surface area contributed by atoms with Crippen molar-refractivity contribution in [3.8, 4) is 0 Å². The predicted molar refractivity (Wildman–Crippen MR) is 73.1 cm³/mol. The minimum absolute atomic E-state index is 0.316. The van der Waals surface area contributed by atoms with Crippen LogP contribution in [0.2, 0.25) is 0 Å². The first kappa shape index (κ1) is 12.5. The molecule has 0 spiro atoms. The molecule has 0 aromatic rings. The normalized spacial score (nSPS) is 42.4. The minimum Gasteiger partial charge on any atom is -0.353 e. The van der Waals surface area contributed by atoms with Gasteiger partial charge in [-0.2, -0.15) is 0 Å². The largest absolute Gasteiger partial charge is 0.353 e. The van der Waals surface area contributed by atoms with Crippen LogP contribution in [0.4, 0.5) is 0 Å². The second-order valence-electron chi connectivity index (χ2n) is 7.65. The highest BCUT2D eigenvalue weighted by Crippen LogP contribution is 2.65. The zero-order chi connectivity index (χ0) is 13.0. The van der Waals surface area contributed by atoms with E-state index in [1.54, 1.807) is 0 Å². The highest BCUT2D eigenvalue weighted by Gasteiger charge is 2.61. The summed E-state index contributed by atoms with van der Waals surface area (Å²) in [6.45, 7) is 7.22. The third kappa shape index (κ3) is 1.57. The van der Waals surface area contributed by atoms with E-state index < -0.39 is 0 Å². The van der Waals surface area contributed by atoms with Crippen molar-refractivity contribution in [3.63, 3.8) is 0 Å². The zero-order valence-corrected chi connectivity index (χ0v) is 12.1. The van der Waals surface area contributed by atoms with Gasteiger partial charge in [0.2, 0.25) is 5.91 Å². The lowest BCUT2D eigenvalue weighted by Gasteiger charge is -2.39. The number of nitrogens with one attached hydrogen (secondary N) is 1. The topological polar surface area (TPSA) is 29.1 Å². The number of hydrogen-bond donors (Lipinski definition) is 1. The van der Waals surface area contributed by atoms with Gasteiger partial charge in [0.15, 0.2) is 0 Å². The van der Waals surface area contributed by atoms with E-state index in [2.05, 4.69) is 26.1 Å². The van der Waals surface area contributed by atoms with Crippen LogP contribution in [0.15, 0.2) is 0 Å². The highest BCUT2D eigenvalue weighted by molar-refractivity contribution is 5.79. The van der Waals surface area contributed by atoms with Crippen molar-refractivity contribution in [3.05, 3.63) is 0 Å². The first-order chi connectivity index (χ1) is 8.45. The van der Waals surface area contributed by atoms with Crippen molar-refractivity contribution < 1.29 is 4.79 Å². The Labute approximate surface area is 111 Å². The Bertz CT molecular complexity index is 356. The van der Waals surface area contributed by atoms with E-state index in [1.165, 1.54) is 32.1 Å². The summed E-state index contributed by atoms with van der Waals surface area (Å²) in [5.41, 5.74) is 0.729. The van der Waals surface area contributed by atoms with Crippen molar-refractivity contribution in [1.29, 1.82) is 0 Å². The summed E-state index contributed by atoms with van der Waals surface area (Å²) in [7, 11) is 0. The Morgan fingerprint density at radius 2 is 1.78 bits per heavy atom. The maximum Gasteiger partial charge on any atom is 0.223 e. The van der Waals surface area contributed by atoms with Gasteiger partial charge < -0.3 is 5.32 Å². The molecule has 3 rings (SSSR count). The molecular weight excluding hydrogens is 222 g/mol. The summed E-state index contributed by atoms with van der Waals surface area (Å²) in [4.78, 5) is 12.3. The summed E-state index contributed by atoms with van der Waals surface area (Å²) < 4.78 is 0. The monoisotopic (exact) mass is 249 g/mol. The standard InChI is InChI=1S/C16H27NO/c1-15(2)12-8-9-16(15,3)13(10-12)17-14(18)11-6-4-5-7-11/h11-13H,4-10H2,1-3H3,(H,17,18)/t12-,13-,16-/m0/s1. The predicted octanol–water partition coefficient (Wildman–Crippen LogP) is 3.51. The van der Waals surface area contributed by atoms with Gasteiger partial charge in [-0.3, -0.25) is 4.79 Å². The van der Waals surface area contributed by atoms with Gasteiger partial charge in [0.1, 0.15) is 0 Å². The minimum atomic E-state index is 0.316. The lowest BCUT2D eigenvalue weighted by molar-refractivity contribution is -0.126. The number of carbonyl (C=O) groups is 1. The van der Waals surface area contributed by atoms with Crippen molar-refractivity contribution >= 4 is 5.91 Å². The third-order valence-electron chi connectivity index (χ3n) is 6.84. The van der Waals surface area contributed by atoms with Gasteiger partial charge in [-0.1, -0.05) is 33.6 Å². The van der Waals surface area contributed by atoms with Crippen LogP contribution in [0.5, 0.6) is 0 Å². The van der Waals surface area contributed by atoms with Gasteiger partial charge in [-0.05, 0) is 48.9 Å². The molecule has 3 saturated carbocycles. The van der Waals surface area contributed by atoms with Crippen molar-refractivity contribution in [1.82, 2.24) is 5.32 Å². The third-order valence-corrected chi connectivity index (χ3v) is 6.84. The van der Waals surface area contributed by atoms with Gasteiger partial charge in [0.25, 0.3) is 0 Å². The molecule has 3 aliphatic carbocycles. The lowest BCUT2D eigenvalue weighted by atomic mass is 9.69. The fourth-order valence-electron chi connectivity index (χ4n) is 4.90. The molecule has 3 atom stereocenters. The molecular formula is C16H27NO. The van der Waals surface area contributed by atoms with Gasteiger partial charge in [0.05, 0.1) is 0 Å². The molecule has 0 aliphatic heterocycles. The van der Waals surface area contributed by atoms with E-state index in [4.69, 9.17) is 0 Å². The van der Waals surface area contributed by atoms with E-state index in [1.807, 2.05) is 0 Å². The Kier molecular flexibility index (Phi) is 2.76. The Balaban J connectivity index is 1.70. The smallest absolute Gasteiger partial charge is 0.223 e. The molecule has 1 amide bonds. The quantitative estimate of drug-likeness (QED) is 0.797. The maximum atomic E-state index is 12.3. The number of amides is 1. The van der Waals surface area contributed by atoms with Crippen LogP contribution in [-0.2, 0) is 4.79 Å². The van der Waals surface area contributed by atoms with Gasteiger partial charge in [-0.25, -0.2) is 0 Å². The van der Waals surface area contributed by atoms with Gasteiger partial charge >= 0.3 is 0 Å². The lowest BCUT2D eigenvalue weighted by Crippen LogP contribution is -2.48. The molecule has 0 aromatic carbocycles. The first-order valence-corrected chi connectivity index (χ1v) is 7.75. The van der Waals surface area contributed by atoms with E-state index in [0.717, 1.165) is 18.8 Å². The van der Waals surface area contributed by atoms with Crippen molar-refractivity contribution in [2.45, 2.75) is 71.8 Å². The molecule has 0 radical (unpaired) electrons. The molecule has 18 heavy (non-hydrogen) atoms. The van der Waals surface area contributed by atoms with Crippen LogP contribution in [0.25, 0.3) is 0 Å². The molecule has 0 unspecified atom stereocenters. The highest BCUT2D eigenvalue weighted by atomic mass is 16.2. The van der Waals surface area contributed by atoms with Crippen LogP contribution in [-0.4, -0.2) is 11.9 Å². The fourth-order valence-corrected chi connectivity index (χ4v) is 4.90. The summed E-state index contributed by atoms with van der Waals surface area (Å²) in [5, 5.41) is 3.41. The molecule has 2 nitrogen and oxygen atoms in total. The molecule has 102 valence electrons. The van der Waals surface area contributed by atoms with Crippen LogP contribution >= 0.6 is 0 Å². The molecule has 3 aliphatic rings. The van der Waals surface area contributed by atoms with Gasteiger partial charge in [0, 0.05) is 12.0 Å². The average molecular weight is 249 g/mol. The van der Waals surface area contributed by atoms with Crippen molar-refractivity contribution in [2.75, 3.05) is 0 Å². The molecule has 0 heterocycles. The molecule has 0 aromatic heterocycles. The Hall–Kier alpha value is -0.530. The van der Waals surface area contributed by atoms with Crippen LogP contribution < -0.4 is 5.32 Å².